The fourth-order valence-electron chi connectivity index (χ4n) is 2.40. The maximum atomic E-state index is 12.0. The minimum atomic E-state index is -1.02. The van der Waals surface area contributed by atoms with Crippen molar-refractivity contribution in [2.75, 3.05) is 0 Å². The lowest BCUT2D eigenvalue weighted by molar-refractivity contribution is -0.127. The van der Waals surface area contributed by atoms with Crippen LogP contribution >= 0.6 is 0 Å². The number of nitrogens with two attached hydrogens (primary N) is 1. The largest absolute Gasteiger partial charge is 0.420 e. The molecule has 96 valence electrons. The number of rotatable bonds is 4. The molecule has 18 heavy (non-hydrogen) atoms. The maximum Gasteiger partial charge on any atom is 0.420 e. The van der Waals surface area contributed by atoms with Gasteiger partial charge in [0.1, 0.15) is 5.54 Å². The van der Waals surface area contributed by atoms with Gasteiger partial charge in [-0.3, -0.25) is 9.36 Å². The minimum absolute atomic E-state index is 0.447. The molecule has 0 saturated heterocycles. The number of benzene rings is 1. The van der Waals surface area contributed by atoms with Crippen LogP contribution in [0.1, 0.15) is 26.7 Å². The van der Waals surface area contributed by atoms with Crippen LogP contribution in [-0.4, -0.2) is 10.5 Å². The van der Waals surface area contributed by atoms with Crippen molar-refractivity contribution in [1.82, 2.24) is 4.57 Å². The number of oxazole rings is 1. The van der Waals surface area contributed by atoms with Gasteiger partial charge in [-0.1, -0.05) is 26.0 Å². The zero-order valence-corrected chi connectivity index (χ0v) is 10.5. The van der Waals surface area contributed by atoms with Gasteiger partial charge in [0.15, 0.2) is 5.58 Å². The second kappa shape index (κ2) is 4.33. The predicted molar refractivity (Wildman–Crippen MR) is 68.2 cm³/mol. The highest BCUT2D eigenvalue weighted by molar-refractivity contribution is 5.85. The number of hydrogen-bond acceptors (Lipinski definition) is 3. The van der Waals surface area contributed by atoms with E-state index in [1.165, 1.54) is 4.57 Å². The van der Waals surface area contributed by atoms with E-state index in [1.807, 2.05) is 13.8 Å². The molecule has 0 aliphatic rings. The third kappa shape index (κ3) is 1.54. The lowest BCUT2D eigenvalue weighted by atomic mass is 9.91. The molecule has 5 heteroatoms. The van der Waals surface area contributed by atoms with Crippen molar-refractivity contribution in [3.63, 3.8) is 0 Å². The molecule has 0 spiro atoms. The van der Waals surface area contributed by atoms with Crippen LogP contribution in [0.3, 0.4) is 0 Å². The number of para-hydroxylation sites is 2. The summed E-state index contributed by atoms with van der Waals surface area (Å²) in [5, 5.41) is 0. The van der Waals surface area contributed by atoms with E-state index in [-0.39, 0.29) is 0 Å². The Kier molecular flexibility index (Phi) is 2.98. The molecule has 1 heterocycles. The van der Waals surface area contributed by atoms with Crippen LogP contribution in [0.5, 0.6) is 0 Å². The van der Waals surface area contributed by atoms with Crippen molar-refractivity contribution in [2.45, 2.75) is 32.2 Å². The molecule has 5 nitrogen and oxygen atoms in total. The summed E-state index contributed by atoms with van der Waals surface area (Å²) >= 11 is 0. The Hall–Kier alpha value is -2.04. The van der Waals surface area contributed by atoms with E-state index in [0.717, 1.165) is 0 Å². The Morgan fingerprint density at radius 1 is 1.33 bits per heavy atom. The van der Waals surface area contributed by atoms with Crippen LogP contribution in [0.25, 0.3) is 11.1 Å². The van der Waals surface area contributed by atoms with Crippen LogP contribution < -0.4 is 11.5 Å². The molecular formula is C13H16N2O3. The molecule has 0 saturated carbocycles. The molecule has 0 fully saturated rings. The molecule has 1 amide bonds. The van der Waals surface area contributed by atoms with Gasteiger partial charge in [0, 0.05) is 0 Å². The predicted octanol–water partition coefficient (Wildman–Crippen LogP) is 1.60. The zero-order chi connectivity index (χ0) is 13.3. The van der Waals surface area contributed by atoms with Crippen LogP contribution in [0, 0.1) is 0 Å². The molecule has 1 aromatic heterocycles. The Bertz CT molecular complexity index is 635. The highest BCUT2D eigenvalue weighted by atomic mass is 16.4. The lowest BCUT2D eigenvalue weighted by Crippen LogP contribution is -2.49. The van der Waals surface area contributed by atoms with Gasteiger partial charge in [0.25, 0.3) is 0 Å². The summed E-state index contributed by atoms with van der Waals surface area (Å²) in [5.74, 6) is -1.06. The van der Waals surface area contributed by atoms with Crippen molar-refractivity contribution in [3.8, 4) is 0 Å². The number of amides is 1. The van der Waals surface area contributed by atoms with Crippen molar-refractivity contribution >= 4 is 17.0 Å². The van der Waals surface area contributed by atoms with Crippen LogP contribution in [0.15, 0.2) is 33.5 Å². The van der Waals surface area contributed by atoms with Gasteiger partial charge in [-0.25, -0.2) is 4.79 Å². The maximum absolute atomic E-state index is 12.0. The summed E-state index contributed by atoms with van der Waals surface area (Å²) in [6, 6.07) is 7.03. The molecule has 0 unspecified atom stereocenters. The number of carbonyl (C=O) groups excluding carboxylic acids is 1. The number of primary amides is 1. The van der Waals surface area contributed by atoms with Gasteiger partial charge in [-0.15, -0.1) is 0 Å². The summed E-state index contributed by atoms with van der Waals surface area (Å²) in [4.78, 5) is 23.8. The normalized spacial score (nSPS) is 11.9. The summed E-state index contributed by atoms with van der Waals surface area (Å²) in [7, 11) is 0. The van der Waals surface area contributed by atoms with E-state index >= 15 is 0 Å². The van der Waals surface area contributed by atoms with Crippen LogP contribution in [0.4, 0.5) is 0 Å². The number of aromatic nitrogens is 1. The SMILES string of the molecule is CCC(CC)(C(N)=O)n1c(=O)oc2ccccc21. The van der Waals surface area contributed by atoms with E-state index < -0.39 is 17.2 Å². The molecule has 0 aliphatic heterocycles. The minimum Gasteiger partial charge on any atom is -0.408 e. The summed E-state index contributed by atoms with van der Waals surface area (Å²) in [6.45, 7) is 3.67. The monoisotopic (exact) mass is 248 g/mol. The van der Waals surface area contributed by atoms with Crippen molar-refractivity contribution in [2.24, 2.45) is 5.73 Å². The topological polar surface area (TPSA) is 78.2 Å². The van der Waals surface area contributed by atoms with Gasteiger partial charge in [-0.05, 0) is 25.0 Å². The second-order valence-electron chi connectivity index (χ2n) is 4.27. The quantitative estimate of drug-likeness (QED) is 0.892. The van der Waals surface area contributed by atoms with Gasteiger partial charge in [-0.2, -0.15) is 0 Å². The van der Waals surface area contributed by atoms with Crippen LogP contribution in [0.2, 0.25) is 0 Å². The fraction of sp³-hybridized carbons (Fsp3) is 0.385. The highest BCUT2D eigenvalue weighted by Crippen LogP contribution is 2.27. The number of hydrogen-bond donors (Lipinski definition) is 1. The zero-order valence-electron chi connectivity index (χ0n) is 10.5. The van der Waals surface area contributed by atoms with Gasteiger partial charge in [0.05, 0.1) is 5.52 Å². The molecule has 0 atom stereocenters. The Balaban J connectivity index is 2.84. The van der Waals surface area contributed by atoms with E-state index in [4.69, 9.17) is 10.2 Å². The van der Waals surface area contributed by atoms with Gasteiger partial charge < -0.3 is 10.2 Å². The molecule has 2 rings (SSSR count). The standard InChI is InChI=1S/C13H16N2O3/c1-3-13(4-2,11(14)16)15-9-7-5-6-8-10(9)18-12(15)17/h5-8H,3-4H2,1-2H3,(H2,14,16). The first kappa shape index (κ1) is 12.4. The second-order valence-corrected chi connectivity index (χ2v) is 4.27. The molecular weight excluding hydrogens is 232 g/mol. The first-order valence-electron chi connectivity index (χ1n) is 5.97. The molecule has 1 aromatic carbocycles. The van der Waals surface area contributed by atoms with Gasteiger partial charge >= 0.3 is 5.76 Å². The summed E-state index contributed by atoms with van der Waals surface area (Å²) < 4.78 is 6.54. The smallest absolute Gasteiger partial charge is 0.408 e. The Morgan fingerprint density at radius 2 is 1.94 bits per heavy atom. The lowest BCUT2D eigenvalue weighted by Gasteiger charge is -2.28. The average molecular weight is 248 g/mol. The van der Waals surface area contributed by atoms with Crippen molar-refractivity contribution in [3.05, 3.63) is 34.8 Å². The highest BCUT2D eigenvalue weighted by Gasteiger charge is 2.38. The third-order valence-electron chi connectivity index (χ3n) is 3.54. The van der Waals surface area contributed by atoms with Crippen molar-refractivity contribution < 1.29 is 9.21 Å². The number of fused-ring (bicyclic) bond motifs is 1. The first-order valence-corrected chi connectivity index (χ1v) is 5.97. The van der Waals surface area contributed by atoms with Crippen molar-refractivity contribution in [1.29, 1.82) is 0 Å². The van der Waals surface area contributed by atoms with E-state index in [0.29, 0.717) is 23.9 Å². The molecule has 0 bridgehead atoms. The third-order valence-corrected chi connectivity index (χ3v) is 3.54. The summed E-state index contributed by atoms with van der Waals surface area (Å²) in [5.41, 5.74) is 5.55. The Morgan fingerprint density at radius 3 is 2.50 bits per heavy atom. The molecule has 2 N–H and O–H groups in total. The molecule has 2 aromatic rings. The number of carbonyl (C=O) groups is 1. The fourth-order valence-corrected chi connectivity index (χ4v) is 2.40. The average Bonchev–Trinajstić information content (AvgIpc) is 2.69. The van der Waals surface area contributed by atoms with E-state index in [2.05, 4.69) is 0 Å². The van der Waals surface area contributed by atoms with Gasteiger partial charge in [0.2, 0.25) is 5.91 Å². The molecule has 0 radical (unpaired) electrons. The Labute approximate surface area is 104 Å². The summed E-state index contributed by atoms with van der Waals surface area (Å²) in [6.07, 6.45) is 0.893. The van der Waals surface area contributed by atoms with E-state index in [9.17, 15) is 9.59 Å². The van der Waals surface area contributed by atoms with Crippen LogP contribution in [-0.2, 0) is 10.3 Å². The first-order chi connectivity index (χ1) is 8.56. The molecule has 0 aliphatic carbocycles. The van der Waals surface area contributed by atoms with E-state index in [1.54, 1.807) is 24.3 Å². The number of nitrogens with zero attached hydrogens (tertiary/aromatic N) is 1.